The lowest BCUT2D eigenvalue weighted by molar-refractivity contribution is -0.00000465. The van der Waals surface area contributed by atoms with Crippen molar-refractivity contribution in [1.82, 2.24) is 9.97 Å². The van der Waals surface area contributed by atoms with Crippen LogP contribution in [0.2, 0.25) is 0 Å². The first-order chi connectivity index (χ1) is 9.19. The number of aromatic nitrogens is 2. The van der Waals surface area contributed by atoms with Crippen molar-refractivity contribution in [1.29, 1.82) is 0 Å². The topological polar surface area (TPSA) is 51.0 Å². The Morgan fingerprint density at radius 2 is 1.95 bits per heavy atom. The van der Waals surface area contributed by atoms with E-state index in [4.69, 9.17) is 4.42 Å². The van der Waals surface area contributed by atoms with E-state index >= 15 is 0 Å². The highest BCUT2D eigenvalue weighted by atomic mass is 35.5. The van der Waals surface area contributed by atoms with Crippen LogP contribution >= 0.6 is 0 Å². The number of para-hydroxylation sites is 1. The Morgan fingerprint density at radius 3 is 2.65 bits per heavy atom. The van der Waals surface area contributed by atoms with Gasteiger partial charge in [0.25, 0.3) is 0 Å². The highest BCUT2D eigenvalue weighted by molar-refractivity contribution is 6.05. The first-order valence-corrected chi connectivity index (χ1v) is 6.63. The van der Waals surface area contributed by atoms with Crippen LogP contribution in [0.4, 0.5) is 5.82 Å². The minimum Gasteiger partial charge on any atom is -1.00 e. The average molecular weight is 291 g/mol. The molecule has 0 aliphatic heterocycles. The molecular weight excluding hydrogens is 274 g/mol. The van der Waals surface area contributed by atoms with Gasteiger partial charge in [-0.05, 0) is 26.0 Å². The van der Waals surface area contributed by atoms with Gasteiger partial charge in [0, 0.05) is 17.8 Å². The molecule has 2 aromatic heterocycles. The third-order valence-electron chi connectivity index (χ3n) is 3.01. The molecule has 3 rings (SSSR count). The van der Waals surface area contributed by atoms with Crippen LogP contribution in [0.15, 0.2) is 28.7 Å². The van der Waals surface area contributed by atoms with Crippen molar-refractivity contribution < 1.29 is 16.8 Å². The van der Waals surface area contributed by atoms with Gasteiger partial charge in [0.05, 0.1) is 0 Å². The second-order valence-electron chi connectivity index (χ2n) is 4.92. The summed E-state index contributed by atoms with van der Waals surface area (Å²) in [5.74, 6) is 1.62. The van der Waals surface area contributed by atoms with E-state index in [1.54, 1.807) is 0 Å². The van der Waals surface area contributed by atoms with Gasteiger partial charge in [-0.1, -0.05) is 19.1 Å². The molecule has 0 aliphatic carbocycles. The van der Waals surface area contributed by atoms with E-state index in [0.717, 1.165) is 40.1 Å². The number of aryl methyl sites for hydroxylation is 1. The van der Waals surface area contributed by atoms with Crippen molar-refractivity contribution in [2.24, 2.45) is 0 Å². The zero-order chi connectivity index (χ0) is 13.4. The van der Waals surface area contributed by atoms with Gasteiger partial charge < -0.3 is 22.1 Å². The van der Waals surface area contributed by atoms with Gasteiger partial charge in [0.1, 0.15) is 16.9 Å². The number of hydrogen-bond acceptors (Lipinski definition) is 4. The van der Waals surface area contributed by atoms with Crippen molar-refractivity contribution in [3.8, 4) is 0 Å². The monoisotopic (exact) mass is 290 g/mol. The fourth-order valence-electron chi connectivity index (χ4n) is 2.17. The van der Waals surface area contributed by atoms with Crippen LogP contribution in [-0.4, -0.2) is 16.0 Å². The Morgan fingerprint density at radius 1 is 1.20 bits per heavy atom. The standard InChI is InChI=1S/C15H17N3O.ClH/c1-4-12-17-13-10-7-5-6-8-11(10)19-14(13)15(18-12)16-9(2)3;/h5-9H,4H2,1-3H3,(H,16,17,18);1H/p-1. The molecule has 0 fully saturated rings. The fraction of sp³-hybridized carbons (Fsp3) is 0.333. The predicted octanol–water partition coefficient (Wildman–Crippen LogP) is 0.763. The first kappa shape index (κ1) is 14.6. The molecule has 2 heterocycles. The molecule has 0 saturated carbocycles. The molecule has 0 saturated heterocycles. The van der Waals surface area contributed by atoms with Crippen molar-refractivity contribution >= 4 is 27.9 Å². The van der Waals surface area contributed by atoms with Crippen molar-refractivity contribution in [2.45, 2.75) is 33.2 Å². The number of fused-ring (bicyclic) bond motifs is 3. The van der Waals surface area contributed by atoms with Crippen LogP contribution in [-0.2, 0) is 6.42 Å². The van der Waals surface area contributed by atoms with E-state index in [2.05, 4.69) is 36.1 Å². The molecule has 1 N–H and O–H groups in total. The van der Waals surface area contributed by atoms with Gasteiger partial charge in [0.2, 0.25) is 0 Å². The van der Waals surface area contributed by atoms with Gasteiger partial charge in [-0.2, -0.15) is 0 Å². The van der Waals surface area contributed by atoms with Crippen LogP contribution in [0.1, 0.15) is 26.6 Å². The number of halogens is 1. The molecular formula is C15H17ClN3O-. The quantitative estimate of drug-likeness (QED) is 0.774. The second kappa shape index (κ2) is 5.67. The van der Waals surface area contributed by atoms with Gasteiger partial charge in [-0.25, -0.2) is 9.97 Å². The van der Waals surface area contributed by atoms with Crippen LogP contribution in [0.5, 0.6) is 0 Å². The molecule has 0 bridgehead atoms. The van der Waals surface area contributed by atoms with Crippen molar-refractivity contribution in [2.75, 3.05) is 5.32 Å². The summed E-state index contributed by atoms with van der Waals surface area (Å²) in [6.07, 6.45) is 0.808. The lowest BCUT2D eigenvalue weighted by atomic mass is 10.2. The minimum absolute atomic E-state index is 0. The lowest BCUT2D eigenvalue weighted by Crippen LogP contribution is -3.00. The smallest absolute Gasteiger partial charge is 0.196 e. The normalized spacial score (nSPS) is 11.0. The average Bonchev–Trinajstić information content (AvgIpc) is 2.77. The number of furan rings is 1. The Labute approximate surface area is 124 Å². The van der Waals surface area contributed by atoms with Gasteiger partial charge in [-0.15, -0.1) is 0 Å². The zero-order valence-corrected chi connectivity index (χ0v) is 12.5. The van der Waals surface area contributed by atoms with E-state index in [1.165, 1.54) is 0 Å². The highest BCUT2D eigenvalue weighted by Gasteiger charge is 2.15. The Kier molecular flexibility index (Phi) is 4.14. The van der Waals surface area contributed by atoms with Gasteiger partial charge in [0.15, 0.2) is 11.4 Å². The molecule has 106 valence electrons. The zero-order valence-electron chi connectivity index (χ0n) is 11.8. The molecule has 5 heteroatoms. The molecule has 0 atom stereocenters. The number of hydrogen-bond donors (Lipinski definition) is 1. The van der Waals surface area contributed by atoms with E-state index in [-0.39, 0.29) is 12.4 Å². The van der Waals surface area contributed by atoms with Crippen LogP contribution in [0.3, 0.4) is 0 Å². The van der Waals surface area contributed by atoms with Crippen LogP contribution in [0, 0.1) is 0 Å². The SMILES string of the molecule is CCc1nc(NC(C)C)c2oc3ccccc3c2n1.[Cl-]. The molecule has 0 amide bonds. The summed E-state index contributed by atoms with van der Waals surface area (Å²) < 4.78 is 5.90. The maximum atomic E-state index is 5.90. The summed E-state index contributed by atoms with van der Waals surface area (Å²) in [6, 6.07) is 8.26. The Bertz CT molecular complexity index is 736. The van der Waals surface area contributed by atoms with Gasteiger partial charge >= 0.3 is 0 Å². The second-order valence-corrected chi connectivity index (χ2v) is 4.92. The largest absolute Gasteiger partial charge is 1.00 e. The van der Waals surface area contributed by atoms with Gasteiger partial charge in [-0.3, -0.25) is 0 Å². The molecule has 0 aliphatic rings. The number of nitrogens with zero attached hydrogens (tertiary/aromatic N) is 2. The van der Waals surface area contributed by atoms with Crippen LogP contribution in [0.25, 0.3) is 22.1 Å². The Balaban J connectivity index is 0.00000147. The first-order valence-electron chi connectivity index (χ1n) is 6.63. The van der Waals surface area contributed by atoms with E-state index in [9.17, 15) is 0 Å². The summed E-state index contributed by atoms with van der Waals surface area (Å²) in [4.78, 5) is 9.14. The molecule has 1 aromatic carbocycles. The summed E-state index contributed by atoms with van der Waals surface area (Å²) in [5, 5.41) is 4.38. The molecule has 4 nitrogen and oxygen atoms in total. The number of anilines is 1. The van der Waals surface area contributed by atoms with E-state index in [0.29, 0.717) is 6.04 Å². The number of nitrogens with one attached hydrogen (secondary N) is 1. The van der Waals surface area contributed by atoms with Crippen molar-refractivity contribution in [3.63, 3.8) is 0 Å². The van der Waals surface area contributed by atoms with E-state index in [1.807, 2.05) is 24.3 Å². The number of benzene rings is 1. The molecule has 0 radical (unpaired) electrons. The fourth-order valence-corrected chi connectivity index (χ4v) is 2.17. The maximum absolute atomic E-state index is 5.90. The molecule has 0 spiro atoms. The third kappa shape index (κ3) is 2.43. The minimum atomic E-state index is 0. The highest BCUT2D eigenvalue weighted by Crippen LogP contribution is 2.31. The summed E-state index contributed by atoms with van der Waals surface area (Å²) >= 11 is 0. The van der Waals surface area contributed by atoms with Crippen molar-refractivity contribution in [3.05, 3.63) is 30.1 Å². The predicted molar refractivity (Wildman–Crippen MR) is 77.4 cm³/mol. The molecule has 0 unspecified atom stereocenters. The number of rotatable bonds is 3. The lowest BCUT2D eigenvalue weighted by Gasteiger charge is -2.09. The summed E-state index contributed by atoms with van der Waals surface area (Å²) in [6.45, 7) is 6.23. The Hall–Kier alpha value is -1.81. The van der Waals surface area contributed by atoms with E-state index < -0.39 is 0 Å². The maximum Gasteiger partial charge on any atom is 0.196 e. The summed E-state index contributed by atoms with van der Waals surface area (Å²) in [5.41, 5.74) is 2.49. The molecule has 3 aromatic rings. The third-order valence-corrected chi connectivity index (χ3v) is 3.01. The molecule has 20 heavy (non-hydrogen) atoms. The van der Waals surface area contributed by atoms with Crippen LogP contribution < -0.4 is 17.7 Å². The summed E-state index contributed by atoms with van der Waals surface area (Å²) in [7, 11) is 0.